The van der Waals surface area contributed by atoms with Gasteiger partial charge in [0.25, 0.3) is 0 Å². The summed E-state index contributed by atoms with van der Waals surface area (Å²) in [6.45, 7) is 0.125. The maximum Gasteiger partial charge on any atom is 0.416 e. The maximum atomic E-state index is 12.8. The lowest BCUT2D eigenvalue weighted by Crippen LogP contribution is -2.30. The lowest BCUT2D eigenvalue weighted by atomic mass is 10.1. The van der Waals surface area contributed by atoms with Crippen molar-refractivity contribution in [1.82, 2.24) is 4.90 Å². The topological polar surface area (TPSA) is 49.4 Å². The molecule has 2 fully saturated rings. The van der Waals surface area contributed by atoms with E-state index in [4.69, 9.17) is 0 Å². The van der Waals surface area contributed by atoms with Gasteiger partial charge in [0.05, 0.1) is 17.0 Å². The van der Waals surface area contributed by atoms with Crippen LogP contribution in [0.15, 0.2) is 18.2 Å². The second kappa shape index (κ2) is 6.17. The summed E-state index contributed by atoms with van der Waals surface area (Å²) in [5.41, 5.74) is -3.62. The fraction of sp³-hybridized carbons (Fsp3) is 0.500. The molecule has 1 aromatic carbocycles. The number of rotatable bonds is 3. The monoisotopic (exact) mass is 380 g/mol. The highest BCUT2D eigenvalue weighted by atomic mass is 19.4. The smallest absolute Gasteiger partial charge is 0.339 e. The van der Waals surface area contributed by atoms with Gasteiger partial charge in [-0.25, -0.2) is 0 Å². The Hall–Kier alpha value is -2.26. The van der Waals surface area contributed by atoms with Crippen LogP contribution in [0.2, 0.25) is 0 Å². The molecule has 1 heterocycles. The Morgan fingerprint density at radius 3 is 2.00 bits per heavy atom. The van der Waals surface area contributed by atoms with Crippen molar-refractivity contribution < 1.29 is 35.9 Å². The molecule has 1 atom stereocenters. The van der Waals surface area contributed by atoms with E-state index < -0.39 is 41.0 Å². The van der Waals surface area contributed by atoms with Crippen molar-refractivity contribution in [3.63, 3.8) is 0 Å². The molecule has 1 aromatic rings. The van der Waals surface area contributed by atoms with E-state index in [1.165, 1.54) is 4.90 Å². The van der Waals surface area contributed by atoms with Crippen LogP contribution in [0.5, 0.6) is 0 Å². The summed E-state index contributed by atoms with van der Waals surface area (Å²) in [5.74, 6) is -1.80. The molecule has 0 spiro atoms. The van der Waals surface area contributed by atoms with E-state index in [0.29, 0.717) is 12.1 Å². The van der Waals surface area contributed by atoms with Gasteiger partial charge in [-0.15, -0.1) is 0 Å². The van der Waals surface area contributed by atoms with E-state index >= 15 is 0 Å². The second-order valence-electron chi connectivity index (χ2n) is 6.46. The van der Waals surface area contributed by atoms with Crippen molar-refractivity contribution in [2.75, 3.05) is 11.9 Å². The maximum absolute atomic E-state index is 12.8. The molecular weight excluding hydrogens is 366 g/mol. The van der Waals surface area contributed by atoms with Crippen LogP contribution in [-0.4, -0.2) is 29.3 Å². The predicted octanol–water partition coefficient (Wildman–Crippen LogP) is 3.67. The van der Waals surface area contributed by atoms with Crippen molar-refractivity contribution in [1.29, 1.82) is 0 Å². The van der Waals surface area contributed by atoms with Crippen molar-refractivity contribution in [2.45, 2.75) is 37.7 Å². The summed E-state index contributed by atoms with van der Waals surface area (Å²) in [6.07, 6.45) is -8.42. The largest absolute Gasteiger partial charge is 0.416 e. The first-order chi connectivity index (χ1) is 11.9. The van der Waals surface area contributed by atoms with Crippen molar-refractivity contribution in [2.24, 2.45) is 5.92 Å². The first-order valence-electron chi connectivity index (χ1n) is 7.85. The van der Waals surface area contributed by atoms with Crippen LogP contribution in [-0.2, 0) is 21.9 Å². The predicted molar refractivity (Wildman–Crippen MR) is 77.9 cm³/mol. The minimum Gasteiger partial charge on any atom is -0.339 e. The Bertz CT molecular complexity index is 707. The molecule has 1 saturated carbocycles. The SMILES string of the molecule is O=C(Nc1cc(C(F)(F)F)cc(C(F)(F)F)c1)[C@H]1CC(=O)N(C2CC2)C1. The first-order valence-corrected chi connectivity index (χ1v) is 7.85. The van der Waals surface area contributed by atoms with Gasteiger partial charge in [0, 0.05) is 24.7 Å². The Morgan fingerprint density at radius 1 is 1.00 bits per heavy atom. The third-order valence-corrected chi connectivity index (χ3v) is 4.37. The average Bonchev–Trinajstić information content (AvgIpc) is 3.27. The molecule has 1 N–H and O–H groups in total. The van der Waals surface area contributed by atoms with E-state index in [0.717, 1.165) is 12.8 Å². The molecule has 4 nitrogen and oxygen atoms in total. The minimum atomic E-state index is -4.99. The van der Waals surface area contributed by atoms with Crippen LogP contribution in [0, 0.1) is 5.92 Å². The molecule has 1 saturated heterocycles. The standard InChI is InChI=1S/C16H14F6N2O2/c17-15(18,19)9-4-10(16(20,21)22)6-11(5-9)23-14(26)8-3-13(25)24(7-8)12-1-2-12/h4-6,8,12H,1-3,7H2,(H,23,26)/t8-/m0/s1. The number of nitrogens with one attached hydrogen (secondary N) is 1. The van der Waals surface area contributed by atoms with Gasteiger partial charge >= 0.3 is 12.4 Å². The van der Waals surface area contributed by atoms with Gasteiger partial charge in [-0.05, 0) is 31.0 Å². The molecule has 0 radical (unpaired) electrons. The summed E-state index contributed by atoms with van der Waals surface area (Å²) >= 11 is 0. The average molecular weight is 380 g/mol. The molecule has 1 aliphatic carbocycles. The molecule has 3 rings (SSSR count). The molecule has 10 heteroatoms. The van der Waals surface area contributed by atoms with Gasteiger partial charge < -0.3 is 10.2 Å². The lowest BCUT2D eigenvalue weighted by Gasteiger charge is -2.17. The highest BCUT2D eigenvalue weighted by Crippen LogP contribution is 2.38. The highest BCUT2D eigenvalue weighted by Gasteiger charge is 2.42. The van der Waals surface area contributed by atoms with Crippen LogP contribution in [0.1, 0.15) is 30.4 Å². The molecule has 26 heavy (non-hydrogen) atoms. The Balaban J connectivity index is 1.80. The van der Waals surface area contributed by atoms with Crippen molar-refractivity contribution >= 4 is 17.5 Å². The number of halogens is 6. The van der Waals surface area contributed by atoms with Crippen molar-refractivity contribution in [3.8, 4) is 0 Å². The zero-order chi connectivity index (χ0) is 19.3. The van der Waals surface area contributed by atoms with Gasteiger partial charge in [0.1, 0.15) is 0 Å². The Morgan fingerprint density at radius 2 is 1.54 bits per heavy atom. The number of carbonyl (C=O) groups excluding carboxylic acids is 2. The fourth-order valence-electron chi connectivity index (χ4n) is 2.92. The molecule has 0 aromatic heterocycles. The number of hydrogen-bond donors (Lipinski definition) is 1. The minimum absolute atomic E-state index is 0.0103. The van der Waals surface area contributed by atoms with E-state index in [9.17, 15) is 35.9 Å². The second-order valence-corrected chi connectivity index (χ2v) is 6.46. The third-order valence-electron chi connectivity index (χ3n) is 4.37. The summed E-state index contributed by atoms with van der Waals surface area (Å²) < 4.78 is 77.0. The normalized spacial score (nSPS) is 21.2. The summed E-state index contributed by atoms with van der Waals surface area (Å²) in [5, 5.41) is 2.09. The number of alkyl halides is 6. The molecule has 1 aliphatic heterocycles. The highest BCUT2D eigenvalue weighted by molar-refractivity contribution is 5.97. The third kappa shape index (κ3) is 3.94. The van der Waals surface area contributed by atoms with E-state index in [-0.39, 0.29) is 31.0 Å². The number of nitrogens with zero attached hydrogens (tertiary/aromatic N) is 1. The van der Waals surface area contributed by atoms with Crippen LogP contribution in [0.25, 0.3) is 0 Å². The zero-order valence-electron chi connectivity index (χ0n) is 13.2. The van der Waals surface area contributed by atoms with Gasteiger partial charge in [-0.2, -0.15) is 26.3 Å². The van der Waals surface area contributed by atoms with Crippen LogP contribution in [0.4, 0.5) is 32.0 Å². The molecule has 142 valence electrons. The quantitative estimate of drug-likeness (QED) is 0.814. The summed E-state index contributed by atoms with van der Waals surface area (Å²) in [4.78, 5) is 25.6. The van der Waals surface area contributed by atoms with E-state index in [1.54, 1.807) is 0 Å². The van der Waals surface area contributed by atoms with Gasteiger partial charge in [-0.1, -0.05) is 0 Å². The number of amides is 2. The molecule has 0 unspecified atom stereocenters. The Labute approximate surface area is 144 Å². The van der Waals surface area contributed by atoms with E-state index in [1.807, 2.05) is 0 Å². The van der Waals surface area contributed by atoms with Gasteiger partial charge in [0.15, 0.2) is 0 Å². The molecule has 2 amide bonds. The number of carbonyl (C=O) groups is 2. The molecular formula is C16H14F6N2O2. The lowest BCUT2D eigenvalue weighted by molar-refractivity contribution is -0.143. The number of likely N-dealkylation sites (tertiary alicyclic amines) is 1. The molecule has 2 aliphatic rings. The summed E-state index contributed by atoms with van der Waals surface area (Å²) in [7, 11) is 0. The van der Waals surface area contributed by atoms with Gasteiger partial charge in [0.2, 0.25) is 11.8 Å². The Kier molecular flexibility index (Phi) is 4.40. The van der Waals surface area contributed by atoms with Gasteiger partial charge in [-0.3, -0.25) is 9.59 Å². The number of hydrogen-bond acceptors (Lipinski definition) is 2. The van der Waals surface area contributed by atoms with E-state index in [2.05, 4.69) is 5.32 Å². The molecule has 0 bridgehead atoms. The zero-order valence-corrected chi connectivity index (χ0v) is 13.2. The van der Waals surface area contributed by atoms with Crippen molar-refractivity contribution in [3.05, 3.63) is 29.3 Å². The first kappa shape index (κ1) is 18.5. The summed E-state index contributed by atoms with van der Waals surface area (Å²) in [6, 6.07) is 0.972. The fourth-order valence-corrected chi connectivity index (χ4v) is 2.92. The van der Waals surface area contributed by atoms with Crippen LogP contribution in [0.3, 0.4) is 0 Å². The number of anilines is 1. The number of benzene rings is 1. The van der Waals surface area contributed by atoms with Crippen LogP contribution < -0.4 is 5.32 Å². The van der Waals surface area contributed by atoms with Crippen LogP contribution >= 0.6 is 0 Å².